The van der Waals surface area contributed by atoms with Crippen LogP contribution in [0.25, 0.3) is 0 Å². The van der Waals surface area contributed by atoms with Crippen molar-refractivity contribution in [3.8, 4) is 0 Å². The second-order valence-electron chi connectivity index (χ2n) is 7.73. The van der Waals surface area contributed by atoms with Gasteiger partial charge in [-0.3, -0.25) is 14.5 Å². The molecule has 2 aromatic carbocycles. The highest BCUT2D eigenvalue weighted by atomic mass is 32.2. The van der Waals surface area contributed by atoms with E-state index in [9.17, 15) is 9.59 Å². The predicted molar refractivity (Wildman–Crippen MR) is 122 cm³/mol. The molecule has 31 heavy (non-hydrogen) atoms. The van der Waals surface area contributed by atoms with Crippen LogP contribution in [0, 0.1) is 13.8 Å². The first-order valence-electron chi connectivity index (χ1n) is 10.5. The summed E-state index contributed by atoms with van der Waals surface area (Å²) < 4.78 is 10.5. The van der Waals surface area contributed by atoms with Gasteiger partial charge in [-0.25, -0.2) is 0 Å². The first-order valence-corrected chi connectivity index (χ1v) is 11.3. The van der Waals surface area contributed by atoms with Crippen molar-refractivity contribution in [3.63, 3.8) is 0 Å². The Bertz CT molecular complexity index is 926. The number of anilines is 1. The third-order valence-electron chi connectivity index (χ3n) is 5.21. The maximum absolute atomic E-state index is 11.5. The molecule has 6 nitrogen and oxygen atoms in total. The van der Waals surface area contributed by atoms with Crippen LogP contribution in [-0.2, 0) is 19.1 Å². The number of para-hydroxylation sites is 1. The van der Waals surface area contributed by atoms with Gasteiger partial charge >= 0.3 is 11.9 Å². The first-order chi connectivity index (χ1) is 14.8. The molecule has 1 atom stereocenters. The Morgan fingerprint density at radius 2 is 1.68 bits per heavy atom. The number of aryl methyl sites for hydroxylation is 2. The third kappa shape index (κ3) is 6.48. The van der Waals surface area contributed by atoms with E-state index in [0.29, 0.717) is 13.1 Å². The molecule has 0 radical (unpaired) electrons. The van der Waals surface area contributed by atoms with E-state index >= 15 is 0 Å². The highest BCUT2D eigenvalue weighted by Gasteiger charge is 2.27. The lowest BCUT2D eigenvalue weighted by Crippen LogP contribution is -2.53. The fraction of sp³-hybridized carbons (Fsp3) is 0.417. The molecule has 3 rings (SSSR count). The maximum Gasteiger partial charge on any atom is 0.304 e. The maximum atomic E-state index is 11.5. The summed E-state index contributed by atoms with van der Waals surface area (Å²) in [5.41, 5.74) is 3.75. The Hall–Kier alpha value is -2.51. The van der Waals surface area contributed by atoms with E-state index in [1.165, 1.54) is 40.5 Å². The van der Waals surface area contributed by atoms with Crippen molar-refractivity contribution in [3.05, 3.63) is 53.6 Å². The van der Waals surface area contributed by atoms with E-state index in [2.05, 4.69) is 66.1 Å². The van der Waals surface area contributed by atoms with Crippen LogP contribution in [-0.4, -0.2) is 55.9 Å². The summed E-state index contributed by atoms with van der Waals surface area (Å²) >= 11 is 1.79. The Balaban J connectivity index is 1.69. The molecule has 0 saturated carbocycles. The zero-order chi connectivity index (χ0) is 22.4. The summed E-state index contributed by atoms with van der Waals surface area (Å²) in [5.74, 6) is -0.761. The molecule has 1 aliphatic rings. The van der Waals surface area contributed by atoms with Crippen LogP contribution in [0.4, 0.5) is 5.69 Å². The number of rotatable bonds is 7. The number of carbonyl (C=O) groups is 2. The lowest BCUT2D eigenvalue weighted by Gasteiger charge is -2.39. The molecule has 0 aliphatic carbocycles. The minimum atomic E-state index is -0.552. The smallest absolute Gasteiger partial charge is 0.304 e. The van der Waals surface area contributed by atoms with E-state index in [0.717, 1.165) is 13.1 Å². The SMILES string of the molecule is CC(=O)OC[C@H](OC(C)=O)N1CCN(c2ccccc2Sc2ccc(C)cc2C)CC1. The van der Waals surface area contributed by atoms with Gasteiger partial charge in [0.05, 0.1) is 5.69 Å². The van der Waals surface area contributed by atoms with Crippen LogP contribution in [0.5, 0.6) is 0 Å². The van der Waals surface area contributed by atoms with Gasteiger partial charge < -0.3 is 14.4 Å². The zero-order valence-corrected chi connectivity index (χ0v) is 19.4. The summed E-state index contributed by atoms with van der Waals surface area (Å²) in [7, 11) is 0. The van der Waals surface area contributed by atoms with Crippen LogP contribution in [0.1, 0.15) is 25.0 Å². The number of ether oxygens (including phenoxy) is 2. The molecule has 0 spiro atoms. The highest BCUT2D eigenvalue weighted by Crippen LogP contribution is 2.37. The van der Waals surface area contributed by atoms with Crippen molar-refractivity contribution in [2.45, 2.75) is 43.7 Å². The number of hydrogen-bond acceptors (Lipinski definition) is 7. The summed E-state index contributed by atoms with van der Waals surface area (Å²) in [4.78, 5) is 29.6. The number of benzene rings is 2. The molecule has 2 aromatic rings. The molecule has 166 valence electrons. The van der Waals surface area contributed by atoms with E-state index in [-0.39, 0.29) is 18.5 Å². The largest absolute Gasteiger partial charge is 0.460 e. The molecule has 0 unspecified atom stereocenters. The molecule has 0 N–H and O–H groups in total. The normalized spacial score (nSPS) is 15.4. The van der Waals surface area contributed by atoms with Crippen molar-refractivity contribution in [2.75, 3.05) is 37.7 Å². The number of esters is 2. The molecule has 1 heterocycles. The van der Waals surface area contributed by atoms with E-state index < -0.39 is 6.23 Å². The Labute approximate surface area is 188 Å². The van der Waals surface area contributed by atoms with Crippen LogP contribution in [0.2, 0.25) is 0 Å². The molecule has 0 amide bonds. The minimum absolute atomic E-state index is 0.0497. The number of carbonyl (C=O) groups excluding carboxylic acids is 2. The van der Waals surface area contributed by atoms with Crippen LogP contribution in [0.15, 0.2) is 52.3 Å². The molecule has 7 heteroatoms. The molecule has 0 bridgehead atoms. The van der Waals surface area contributed by atoms with Gasteiger partial charge in [0.25, 0.3) is 0 Å². The van der Waals surface area contributed by atoms with Gasteiger partial charge in [-0.05, 0) is 37.6 Å². The number of hydrogen-bond donors (Lipinski definition) is 0. The van der Waals surface area contributed by atoms with E-state index in [1.807, 2.05) is 0 Å². The molecular formula is C24H30N2O4S. The quantitative estimate of drug-likeness (QED) is 0.600. The topological polar surface area (TPSA) is 59.1 Å². The van der Waals surface area contributed by atoms with Crippen molar-refractivity contribution in [1.29, 1.82) is 0 Å². The summed E-state index contributed by atoms with van der Waals surface area (Å²) in [6, 6.07) is 15.0. The molecule has 0 aromatic heterocycles. The van der Waals surface area contributed by atoms with Gasteiger partial charge in [-0.2, -0.15) is 0 Å². The molecule has 1 saturated heterocycles. The number of piperazine rings is 1. The lowest BCUT2D eigenvalue weighted by molar-refractivity contribution is -0.169. The van der Waals surface area contributed by atoms with E-state index in [4.69, 9.17) is 9.47 Å². The van der Waals surface area contributed by atoms with Gasteiger partial charge in [0.15, 0.2) is 6.23 Å². The Morgan fingerprint density at radius 3 is 2.32 bits per heavy atom. The average Bonchev–Trinajstić information content (AvgIpc) is 2.73. The fourth-order valence-electron chi connectivity index (χ4n) is 3.68. The number of nitrogens with zero attached hydrogens (tertiary/aromatic N) is 2. The second kappa shape index (κ2) is 10.7. The van der Waals surface area contributed by atoms with Gasteiger partial charge in [0.1, 0.15) is 6.61 Å². The van der Waals surface area contributed by atoms with Gasteiger partial charge in [0, 0.05) is 49.8 Å². The van der Waals surface area contributed by atoms with Gasteiger partial charge in [0.2, 0.25) is 0 Å². The summed E-state index contributed by atoms with van der Waals surface area (Å²) in [6.45, 7) is 10.0. The molecular weight excluding hydrogens is 412 g/mol. The Kier molecular flexibility index (Phi) is 7.98. The van der Waals surface area contributed by atoms with Crippen LogP contribution in [0.3, 0.4) is 0 Å². The average molecular weight is 443 g/mol. The fourth-order valence-corrected chi connectivity index (χ4v) is 4.72. The minimum Gasteiger partial charge on any atom is -0.460 e. The highest BCUT2D eigenvalue weighted by molar-refractivity contribution is 7.99. The monoisotopic (exact) mass is 442 g/mol. The predicted octanol–water partition coefficient (Wildman–Crippen LogP) is 4.03. The van der Waals surface area contributed by atoms with E-state index in [1.54, 1.807) is 11.8 Å². The standard InChI is InChI=1S/C24H30N2O4S/c1-17-9-10-22(18(2)15-17)31-23-8-6-5-7-21(23)25-11-13-26(14-12-25)24(30-20(4)28)16-29-19(3)27/h5-10,15,24H,11-14,16H2,1-4H3/t24-/m0/s1. The van der Waals surface area contributed by atoms with Crippen molar-refractivity contribution < 1.29 is 19.1 Å². The first kappa shape index (κ1) is 23.2. The van der Waals surface area contributed by atoms with Crippen molar-refractivity contribution in [2.24, 2.45) is 0 Å². The summed E-state index contributed by atoms with van der Waals surface area (Å²) in [6.07, 6.45) is -0.552. The summed E-state index contributed by atoms with van der Waals surface area (Å²) in [5, 5.41) is 0. The van der Waals surface area contributed by atoms with Crippen LogP contribution < -0.4 is 4.90 Å². The Morgan fingerprint density at radius 1 is 0.968 bits per heavy atom. The van der Waals surface area contributed by atoms with Crippen molar-refractivity contribution in [1.82, 2.24) is 4.90 Å². The zero-order valence-electron chi connectivity index (χ0n) is 18.6. The van der Waals surface area contributed by atoms with Crippen LogP contribution >= 0.6 is 11.8 Å². The molecule has 1 fully saturated rings. The second-order valence-corrected chi connectivity index (χ2v) is 8.81. The lowest BCUT2D eigenvalue weighted by atomic mass is 10.2. The van der Waals surface area contributed by atoms with Gasteiger partial charge in [-0.15, -0.1) is 0 Å². The van der Waals surface area contributed by atoms with Crippen molar-refractivity contribution >= 4 is 29.4 Å². The molecule has 1 aliphatic heterocycles. The third-order valence-corrected chi connectivity index (χ3v) is 6.45. The van der Waals surface area contributed by atoms with Gasteiger partial charge in [-0.1, -0.05) is 41.6 Å².